The molecule has 1 atom stereocenters. The summed E-state index contributed by atoms with van der Waals surface area (Å²) in [5.74, 6) is -0.471. The van der Waals surface area contributed by atoms with Crippen LogP contribution in [-0.4, -0.2) is 39.9 Å². The molecule has 1 aliphatic heterocycles. The van der Waals surface area contributed by atoms with E-state index in [-0.39, 0.29) is 24.4 Å². The minimum atomic E-state index is -0.576. The Morgan fingerprint density at radius 2 is 2.53 bits per heavy atom. The van der Waals surface area contributed by atoms with Crippen LogP contribution in [0.4, 0.5) is 5.82 Å². The van der Waals surface area contributed by atoms with Gasteiger partial charge in [0.2, 0.25) is 5.91 Å². The summed E-state index contributed by atoms with van der Waals surface area (Å²) < 4.78 is 6.71. The van der Waals surface area contributed by atoms with E-state index in [1.54, 1.807) is 6.92 Å². The topological polar surface area (TPSA) is 99.3 Å². The number of nitrogens with one attached hydrogen (secondary N) is 1. The molecule has 1 unspecified atom stereocenters. The van der Waals surface area contributed by atoms with E-state index in [0.29, 0.717) is 12.2 Å². The predicted molar refractivity (Wildman–Crippen MR) is 65.6 cm³/mol. The van der Waals surface area contributed by atoms with E-state index >= 15 is 0 Å². The van der Waals surface area contributed by atoms with Gasteiger partial charge in [0.25, 0.3) is 0 Å². The quantitative estimate of drug-likeness (QED) is 0.615. The Labute approximate surface area is 109 Å². The van der Waals surface area contributed by atoms with Crippen LogP contribution in [-0.2, 0) is 16.1 Å². The highest BCUT2D eigenvalue weighted by Gasteiger charge is 2.19. The van der Waals surface area contributed by atoms with Gasteiger partial charge >= 0.3 is 5.82 Å². The predicted octanol–water partition coefficient (Wildman–Crippen LogP) is 0.395. The fraction of sp³-hybridized carbons (Fsp3) is 0.636. The van der Waals surface area contributed by atoms with Crippen molar-refractivity contribution in [3.63, 3.8) is 0 Å². The van der Waals surface area contributed by atoms with Crippen LogP contribution in [0.15, 0.2) is 6.07 Å². The number of hydrogen-bond acceptors (Lipinski definition) is 5. The first-order valence-electron chi connectivity index (χ1n) is 6.13. The molecule has 1 amide bonds. The molecular formula is C11H16N4O4. The highest BCUT2D eigenvalue weighted by Crippen LogP contribution is 2.11. The molecule has 1 aliphatic rings. The van der Waals surface area contributed by atoms with Crippen molar-refractivity contribution >= 4 is 11.7 Å². The molecule has 0 bridgehead atoms. The number of carbonyl (C=O) groups is 1. The molecule has 1 saturated heterocycles. The van der Waals surface area contributed by atoms with Crippen LogP contribution in [0.3, 0.4) is 0 Å². The third kappa shape index (κ3) is 3.50. The Balaban J connectivity index is 1.85. The molecule has 19 heavy (non-hydrogen) atoms. The molecule has 1 fully saturated rings. The van der Waals surface area contributed by atoms with Crippen LogP contribution in [0, 0.1) is 17.0 Å². The van der Waals surface area contributed by atoms with Gasteiger partial charge in [-0.2, -0.15) is 4.68 Å². The van der Waals surface area contributed by atoms with Gasteiger partial charge in [-0.1, -0.05) is 0 Å². The first-order chi connectivity index (χ1) is 9.06. The van der Waals surface area contributed by atoms with Crippen molar-refractivity contribution in [3.05, 3.63) is 21.9 Å². The number of amides is 1. The molecule has 0 radical (unpaired) electrons. The SMILES string of the molecule is Cc1cc([N+](=O)[O-])nn1CC(=O)NCC1CCCO1. The fourth-order valence-corrected chi connectivity index (χ4v) is 1.97. The van der Waals surface area contributed by atoms with Crippen molar-refractivity contribution in [1.82, 2.24) is 15.1 Å². The molecule has 0 spiro atoms. The van der Waals surface area contributed by atoms with Crippen LogP contribution in [0.1, 0.15) is 18.5 Å². The molecule has 1 aromatic heterocycles. The summed E-state index contributed by atoms with van der Waals surface area (Å²) in [4.78, 5) is 21.7. The van der Waals surface area contributed by atoms with Crippen molar-refractivity contribution in [2.24, 2.45) is 0 Å². The lowest BCUT2D eigenvalue weighted by Gasteiger charge is -2.10. The third-order valence-electron chi connectivity index (χ3n) is 3.00. The van der Waals surface area contributed by atoms with Gasteiger partial charge in [0.1, 0.15) is 6.54 Å². The first kappa shape index (κ1) is 13.5. The van der Waals surface area contributed by atoms with Gasteiger partial charge < -0.3 is 20.2 Å². The average molecular weight is 268 g/mol. The summed E-state index contributed by atoms with van der Waals surface area (Å²) in [6, 6.07) is 1.34. The van der Waals surface area contributed by atoms with E-state index in [4.69, 9.17) is 4.74 Å². The Morgan fingerprint density at radius 3 is 3.11 bits per heavy atom. The molecule has 0 aliphatic carbocycles. The highest BCUT2D eigenvalue weighted by atomic mass is 16.6. The Hall–Kier alpha value is -1.96. The number of nitrogens with zero attached hydrogens (tertiary/aromatic N) is 3. The van der Waals surface area contributed by atoms with Crippen molar-refractivity contribution in [2.75, 3.05) is 13.2 Å². The lowest BCUT2D eigenvalue weighted by molar-refractivity contribution is -0.389. The highest BCUT2D eigenvalue weighted by molar-refractivity contribution is 5.75. The van der Waals surface area contributed by atoms with Crippen molar-refractivity contribution < 1.29 is 14.5 Å². The minimum Gasteiger partial charge on any atom is -0.376 e. The van der Waals surface area contributed by atoms with E-state index < -0.39 is 4.92 Å². The van der Waals surface area contributed by atoms with E-state index in [2.05, 4.69) is 10.4 Å². The van der Waals surface area contributed by atoms with E-state index in [1.165, 1.54) is 10.7 Å². The molecule has 0 aromatic carbocycles. The number of aromatic nitrogens is 2. The maximum Gasteiger partial charge on any atom is 0.390 e. The summed E-state index contributed by atoms with van der Waals surface area (Å²) in [6.07, 6.45) is 2.05. The molecule has 2 heterocycles. The third-order valence-corrected chi connectivity index (χ3v) is 3.00. The van der Waals surface area contributed by atoms with Crippen LogP contribution in [0.5, 0.6) is 0 Å². The lowest BCUT2D eigenvalue weighted by atomic mass is 10.2. The van der Waals surface area contributed by atoms with Crippen LogP contribution < -0.4 is 5.32 Å². The Kier molecular flexibility index (Phi) is 4.10. The molecule has 1 N–H and O–H groups in total. The minimum absolute atomic E-state index is 0.0214. The molecule has 104 valence electrons. The standard InChI is InChI=1S/C11H16N4O4/c1-8-5-10(15(17)18)13-14(8)7-11(16)12-6-9-3-2-4-19-9/h5,9H,2-4,6-7H2,1H3,(H,12,16). The zero-order chi connectivity index (χ0) is 13.8. The van der Waals surface area contributed by atoms with Crippen LogP contribution in [0.2, 0.25) is 0 Å². The van der Waals surface area contributed by atoms with Crippen LogP contribution in [0.25, 0.3) is 0 Å². The maximum absolute atomic E-state index is 11.7. The monoisotopic (exact) mass is 268 g/mol. The number of rotatable bonds is 5. The Morgan fingerprint density at radius 1 is 1.74 bits per heavy atom. The van der Waals surface area contributed by atoms with Gasteiger partial charge in [0.05, 0.1) is 23.0 Å². The van der Waals surface area contributed by atoms with Crippen LogP contribution >= 0.6 is 0 Å². The van der Waals surface area contributed by atoms with Crippen molar-refractivity contribution in [3.8, 4) is 0 Å². The smallest absolute Gasteiger partial charge is 0.376 e. The van der Waals surface area contributed by atoms with Crippen molar-refractivity contribution in [1.29, 1.82) is 0 Å². The molecule has 2 rings (SSSR count). The van der Waals surface area contributed by atoms with Gasteiger partial charge in [-0.3, -0.25) is 4.79 Å². The summed E-state index contributed by atoms with van der Waals surface area (Å²) in [5, 5.41) is 17.1. The number of nitro groups is 1. The molecule has 1 aromatic rings. The molecule has 8 nitrogen and oxygen atoms in total. The largest absolute Gasteiger partial charge is 0.390 e. The second-order valence-corrected chi connectivity index (χ2v) is 4.50. The second kappa shape index (κ2) is 5.79. The number of ether oxygens (including phenoxy) is 1. The Bertz CT molecular complexity index is 479. The summed E-state index contributed by atoms with van der Waals surface area (Å²) in [6.45, 7) is 2.87. The maximum atomic E-state index is 11.7. The van der Waals surface area contributed by atoms with Gasteiger partial charge in [-0.05, 0) is 24.7 Å². The van der Waals surface area contributed by atoms with Gasteiger partial charge in [0, 0.05) is 13.2 Å². The number of carbonyl (C=O) groups excluding carboxylic acids is 1. The van der Waals surface area contributed by atoms with Crippen molar-refractivity contribution in [2.45, 2.75) is 32.4 Å². The fourth-order valence-electron chi connectivity index (χ4n) is 1.97. The van der Waals surface area contributed by atoms with Gasteiger partial charge in [-0.25, -0.2) is 0 Å². The summed E-state index contributed by atoms with van der Waals surface area (Å²) >= 11 is 0. The van der Waals surface area contributed by atoms with E-state index in [1.807, 2.05) is 0 Å². The average Bonchev–Trinajstić information content (AvgIpc) is 2.97. The van der Waals surface area contributed by atoms with E-state index in [0.717, 1.165) is 19.4 Å². The second-order valence-electron chi connectivity index (χ2n) is 4.50. The van der Waals surface area contributed by atoms with Gasteiger partial charge in [0.15, 0.2) is 0 Å². The normalized spacial score (nSPS) is 18.5. The number of aryl methyl sites for hydroxylation is 1. The first-order valence-corrected chi connectivity index (χ1v) is 6.13. The molecule has 0 saturated carbocycles. The summed E-state index contributed by atoms with van der Waals surface area (Å²) in [7, 11) is 0. The van der Waals surface area contributed by atoms with E-state index in [9.17, 15) is 14.9 Å². The molecular weight excluding hydrogens is 252 g/mol. The summed E-state index contributed by atoms with van der Waals surface area (Å²) in [5.41, 5.74) is 0.582. The zero-order valence-corrected chi connectivity index (χ0v) is 10.7. The molecule has 8 heteroatoms. The zero-order valence-electron chi connectivity index (χ0n) is 10.7. The van der Waals surface area contributed by atoms with Gasteiger partial charge in [-0.15, -0.1) is 0 Å². The number of hydrogen-bond donors (Lipinski definition) is 1. The lowest BCUT2D eigenvalue weighted by Crippen LogP contribution is -2.34.